The number of thiazole rings is 1. The van der Waals surface area contributed by atoms with Gasteiger partial charge >= 0.3 is 0 Å². The Morgan fingerprint density at radius 1 is 1.28 bits per heavy atom. The number of methoxy groups -OCH3 is 1. The molecule has 176 valence electrons. The number of anilines is 1. The first-order valence-corrected chi connectivity index (χ1v) is 13.1. The predicted octanol–water partition coefficient (Wildman–Crippen LogP) is 3.57. The van der Waals surface area contributed by atoms with Gasteiger partial charge in [-0.2, -0.15) is 0 Å². The number of amides is 1. The normalized spacial score (nSPS) is 19.8. The first-order chi connectivity index (χ1) is 15.1. The summed E-state index contributed by atoms with van der Waals surface area (Å²) in [4.78, 5) is 19.7. The molecule has 2 N–H and O–H groups in total. The fraction of sp³-hybridized carbons (Fsp3) is 0.545. The van der Waals surface area contributed by atoms with E-state index < -0.39 is 15.9 Å². The molecule has 3 rings (SSSR count). The molecule has 0 spiro atoms. The van der Waals surface area contributed by atoms with Crippen LogP contribution >= 0.6 is 11.3 Å². The van der Waals surface area contributed by atoms with Crippen LogP contribution in [0.1, 0.15) is 50.2 Å². The van der Waals surface area contributed by atoms with Gasteiger partial charge in [0.15, 0.2) is 5.13 Å². The maximum absolute atomic E-state index is 12.8. The molecule has 8 nitrogen and oxygen atoms in total. The molecule has 2 aromatic rings. The quantitative estimate of drug-likeness (QED) is 0.599. The van der Waals surface area contributed by atoms with E-state index in [2.05, 4.69) is 33.8 Å². The summed E-state index contributed by atoms with van der Waals surface area (Å²) < 4.78 is 33.0. The minimum atomic E-state index is -3.83. The van der Waals surface area contributed by atoms with E-state index in [1.165, 1.54) is 43.1 Å². The third kappa shape index (κ3) is 6.28. The second kappa shape index (κ2) is 10.3. The average Bonchev–Trinajstić information content (AvgIpc) is 3.12. The van der Waals surface area contributed by atoms with E-state index in [9.17, 15) is 13.2 Å². The SMILES string of the molecule is COc1ccc(C(=O)Nc2nc(CN3C[C@H](C)C[C@@H](C)C3)cs2)cc1S(=O)(=O)NC(C)C. The molecule has 1 fully saturated rings. The lowest BCUT2D eigenvalue weighted by atomic mass is 9.92. The number of hydrogen-bond acceptors (Lipinski definition) is 7. The third-order valence-corrected chi connectivity index (χ3v) is 7.69. The van der Waals surface area contributed by atoms with Gasteiger partial charge in [-0.15, -0.1) is 11.3 Å². The van der Waals surface area contributed by atoms with Crippen molar-refractivity contribution in [3.8, 4) is 5.75 Å². The number of aromatic nitrogens is 1. The fourth-order valence-electron chi connectivity index (χ4n) is 4.16. The molecule has 0 bridgehead atoms. The van der Waals surface area contributed by atoms with Crippen molar-refractivity contribution in [3.05, 3.63) is 34.8 Å². The van der Waals surface area contributed by atoms with Crippen molar-refractivity contribution >= 4 is 32.4 Å². The van der Waals surface area contributed by atoms with Crippen LogP contribution in [-0.2, 0) is 16.6 Å². The fourth-order valence-corrected chi connectivity index (χ4v) is 6.30. The monoisotopic (exact) mass is 480 g/mol. The van der Waals surface area contributed by atoms with Crippen LogP contribution in [0.25, 0.3) is 0 Å². The molecule has 1 saturated heterocycles. The smallest absolute Gasteiger partial charge is 0.257 e. The highest BCUT2D eigenvalue weighted by atomic mass is 32.2. The molecule has 0 unspecified atom stereocenters. The molecule has 1 aromatic heterocycles. The highest BCUT2D eigenvalue weighted by molar-refractivity contribution is 7.89. The molecule has 1 aliphatic heterocycles. The summed E-state index contributed by atoms with van der Waals surface area (Å²) in [7, 11) is -2.43. The Morgan fingerprint density at radius 2 is 1.97 bits per heavy atom. The summed E-state index contributed by atoms with van der Waals surface area (Å²) in [6.07, 6.45) is 1.25. The van der Waals surface area contributed by atoms with Crippen LogP contribution in [0.15, 0.2) is 28.5 Å². The first-order valence-electron chi connectivity index (χ1n) is 10.8. The molecule has 0 aliphatic carbocycles. The molecule has 1 aliphatic rings. The van der Waals surface area contributed by atoms with Gasteiger partial charge in [-0.05, 0) is 50.3 Å². The van der Waals surface area contributed by atoms with Gasteiger partial charge in [-0.1, -0.05) is 13.8 Å². The van der Waals surface area contributed by atoms with Gasteiger partial charge in [-0.25, -0.2) is 18.1 Å². The highest BCUT2D eigenvalue weighted by Gasteiger charge is 2.24. The lowest BCUT2D eigenvalue weighted by Gasteiger charge is -2.34. The second-order valence-electron chi connectivity index (χ2n) is 8.88. The molecule has 0 saturated carbocycles. The summed E-state index contributed by atoms with van der Waals surface area (Å²) in [5.41, 5.74) is 1.14. The largest absolute Gasteiger partial charge is 0.495 e. The number of benzene rings is 1. The van der Waals surface area contributed by atoms with E-state index in [1.807, 2.05) is 5.38 Å². The van der Waals surface area contributed by atoms with Gasteiger partial charge in [0.2, 0.25) is 10.0 Å². The van der Waals surface area contributed by atoms with Crippen molar-refractivity contribution in [2.45, 2.75) is 51.6 Å². The van der Waals surface area contributed by atoms with E-state index in [4.69, 9.17) is 4.74 Å². The van der Waals surface area contributed by atoms with Gasteiger partial charge < -0.3 is 4.74 Å². The lowest BCUT2D eigenvalue weighted by Crippen LogP contribution is -2.38. The Labute approximate surface area is 194 Å². The minimum absolute atomic E-state index is 0.0745. The predicted molar refractivity (Wildman–Crippen MR) is 127 cm³/mol. The van der Waals surface area contributed by atoms with Gasteiger partial charge in [0.05, 0.1) is 12.8 Å². The maximum Gasteiger partial charge on any atom is 0.257 e. The zero-order valence-electron chi connectivity index (χ0n) is 19.2. The van der Waals surface area contributed by atoms with Crippen LogP contribution in [0, 0.1) is 11.8 Å². The summed E-state index contributed by atoms with van der Waals surface area (Å²) in [5.74, 6) is 1.09. The molecule has 1 aromatic carbocycles. The Hall–Kier alpha value is -2.01. The first kappa shape index (κ1) is 24.6. The van der Waals surface area contributed by atoms with E-state index in [0.717, 1.165) is 25.3 Å². The standard InChI is InChI=1S/C22H32N4O4S2/c1-14(2)25-32(28,29)20-9-17(6-7-19(20)30-5)21(27)24-22-23-18(13-31-22)12-26-10-15(3)8-16(4)11-26/h6-7,9,13-16,25H,8,10-12H2,1-5H3,(H,23,24,27)/t15-,16-/m1/s1. The van der Waals surface area contributed by atoms with Crippen molar-refractivity contribution in [2.24, 2.45) is 11.8 Å². The summed E-state index contributed by atoms with van der Waals surface area (Å²) in [5, 5.41) is 5.23. The number of likely N-dealkylation sites (tertiary alicyclic amines) is 1. The zero-order valence-corrected chi connectivity index (χ0v) is 20.8. The molecule has 10 heteroatoms. The van der Waals surface area contributed by atoms with Crippen LogP contribution in [0.3, 0.4) is 0 Å². The number of carbonyl (C=O) groups is 1. The van der Waals surface area contributed by atoms with Crippen LogP contribution in [-0.4, -0.2) is 50.5 Å². The van der Waals surface area contributed by atoms with E-state index in [0.29, 0.717) is 17.0 Å². The Kier molecular flexibility index (Phi) is 7.92. The van der Waals surface area contributed by atoms with Crippen LogP contribution < -0.4 is 14.8 Å². The van der Waals surface area contributed by atoms with Crippen molar-refractivity contribution in [1.82, 2.24) is 14.6 Å². The summed E-state index contributed by atoms with van der Waals surface area (Å²) in [6.45, 7) is 10.9. The Balaban J connectivity index is 1.72. The molecular formula is C22H32N4O4S2. The third-order valence-electron chi connectivity index (χ3n) is 5.21. The zero-order chi connectivity index (χ0) is 23.5. The molecule has 2 atom stereocenters. The number of ether oxygens (including phenoxy) is 1. The van der Waals surface area contributed by atoms with Crippen LogP contribution in [0.5, 0.6) is 5.75 Å². The molecule has 0 radical (unpaired) electrons. The van der Waals surface area contributed by atoms with Crippen molar-refractivity contribution in [2.75, 3.05) is 25.5 Å². The number of nitrogens with zero attached hydrogens (tertiary/aromatic N) is 2. The van der Waals surface area contributed by atoms with Crippen molar-refractivity contribution in [3.63, 3.8) is 0 Å². The van der Waals surface area contributed by atoms with Gasteiger partial charge in [0, 0.05) is 36.6 Å². The second-order valence-corrected chi connectivity index (χ2v) is 11.4. The van der Waals surface area contributed by atoms with E-state index >= 15 is 0 Å². The number of rotatable bonds is 8. The Bertz CT molecular complexity index is 1040. The summed E-state index contributed by atoms with van der Waals surface area (Å²) >= 11 is 1.36. The lowest BCUT2D eigenvalue weighted by molar-refractivity contribution is 0.102. The van der Waals surface area contributed by atoms with E-state index in [-0.39, 0.29) is 22.3 Å². The molecule has 32 heavy (non-hydrogen) atoms. The number of hydrogen-bond donors (Lipinski definition) is 2. The van der Waals surface area contributed by atoms with Gasteiger partial charge in [0.25, 0.3) is 5.91 Å². The molecular weight excluding hydrogens is 448 g/mol. The van der Waals surface area contributed by atoms with Gasteiger partial charge in [0.1, 0.15) is 10.6 Å². The van der Waals surface area contributed by atoms with Gasteiger partial charge in [-0.3, -0.25) is 15.0 Å². The molecule has 1 amide bonds. The van der Waals surface area contributed by atoms with Crippen molar-refractivity contribution < 1.29 is 17.9 Å². The minimum Gasteiger partial charge on any atom is -0.495 e. The summed E-state index contributed by atoms with van der Waals surface area (Å²) in [6, 6.07) is 4.05. The topological polar surface area (TPSA) is 101 Å². The number of piperidine rings is 1. The van der Waals surface area contributed by atoms with Crippen LogP contribution in [0.2, 0.25) is 0 Å². The van der Waals surface area contributed by atoms with Crippen molar-refractivity contribution in [1.29, 1.82) is 0 Å². The number of nitrogens with one attached hydrogen (secondary N) is 2. The maximum atomic E-state index is 12.8. The molecule has 2 heterocycles. The number of sulfonamides is 1. The van der Waals surface area contributed by atoms with E-state index in [1.54, 1.807) is 13.8 Å². The highest BCUT2D eigenvalue weighted by Crippen LogP contribution is 2.27. The Morgan fingerprint density at radius 3 is 2.59 bits per heavy atom. The number of carbonyl (C=O) groups excluding carboxylic acids is 1. The van der Waals surface area contributed by atoms with Crippen LogP contribution in [0.4, 0.5) is 5.13 Å². The average molecular weight is 481 g/mol.